The van der Waals surface area contributed by atoms with E-state index in [-0.39, 0.29) is 12.4 Å². The van der Waals surface area contributed by atoms with Crippen molar-refractivity contribution >= 4 is 0 Å². The van der Waals surface area contributed by atoms with Crippen LogP contribution in [0.5, 0.6) is 0 Å². The van der Waals surface area contributed by atoms with Gasteiger partial charge in [-0.15, -0.1) is 0 Å². The molecule has 0 saturated heterocycles. The van der Waals surface area contributed by atoms with Crippen molar-refractivity contribution in [1.29, 1.82) is 0 Å². The lowest BCUT2D eigenvalue weighted by Gasteiger charge is -2.20. The molecule has 3 atom stereocenters. The van der Waals surface area contributed by atoms with Gasteiger partial charge in [0, 0.05) is 13.1 Å². The van der Waals surface area contributed by atoms with Gasteiger partial charge in [0.15, 0.2) is 0 Å². The molecule has 0 amide bonds. The van der Waals surface area contributed by atoms with E-state index in [0.717, 1.165) is 25.8 Å². The van der Waals surface area contributed by atoms with Gasteiger partial charge in [-0.2, -0.15) is 0 Å². The highest BCUT2D eigenvalue weighted by Crippen LogP contribution is 2.52. The van der Waals surface area contributed by atoms with Gasteiger partial charge in [0.2, 0.25) is 0 Å². The summed E-state index contributed by atoms with van der Waals surface area (Å²) in [4.78, 5) is 2.22. The molecule has 0 aromatic heterocycles. The molecular formula is C22H26FNO. The Bertz CT molecular complexity index is 759. The summed E-state index contributed by atoms with van der Waals surface area (Å²) < 4.78 is 14.0. The Morgan fingerprint density at radius 1 is 1.04 bits per heavy atom. The van der Waals surface area contributed by atoms with Crippen LogP contribution < -0.4 is 0 Å². The smallest absolute Gasteiger partial charge is 0.123 e. The fraction of sp³-hybridized carbons (Fsp3) is 0.455. The summed E-state index contributed by atoms with van der Waals surface area (Å²) in [5, 5.41) is 9.16. The molecule has 132 valence electrons. The van der Waals surface area contributed by atoms with Crippen LogP contribution in [0.1, 0.15) is 46.9 Å². The molecule has 2 aromatic carbocycles. The molecule has 2 aromatic rings. The van der Waals surface area contributed by atoms with Gasteiger partial charge in [0.05, 0.1) is 6.61 Å². The zero-order valence-corrected chi connectivity index (χ0v) is 14.8. The number of nitrogens with zero attached hydrogens (tertiary/aromatic N) is 1. The molecule has 2 aliphatic rings. The highest BCUT2D eigenvalue weighted by atomic mass is 19.1. The molecule has 1 fully saturated rings. The normalized spacial score (nSPS) is 24.6. The van der Waals surface area contributed by atoms with Crippen LogP contribution in [0.4, 0.5) is 4.39 Å². The molecular weight excluding hydrogens is 313 g/mol. The van der Waals surface area contributed by atoms with Crippen molar-refractivity contribution in [3.8, 4) is 0 Å². The molecule has 2 aliphatic carbocycles. The van der Waals surface area contributed by atoms with Gasteiger partial charge in [-0.3, -0.25) is 0 Å². The average molecular weight is 339 g/mol. The van der Waals surface area contributed by atoms with Crippen LogP contribution in [-0.4, -0.2) is 36.8 Å². The maximum atomic E-state index is 14.0. The van der Waals surface area contributed by atoms with E-state index in [9.17, 15) is 4.39 Å². The van der Waals surface area contributed by atoms with E-state index >= 15 is 0 Å². The summed E-state index contributed by atoms with van der Waals surface area (Å²) in [6.45, 7) is 1.92. The van der Waals surface area contributed by atoms with Gasteiger partial charge in [0.25, 0.3) is 0 Å². The minimum atomic E-state index is -0.121. The average Bonchev–Trinajstić information content (AvgIpc) is 2.95. The number of hydrogen-bond acceptors (Lipinski definition) is 2. The van der Waals surface area contributed by atoms with Crippen LogP contribution in [0, 0.1) is 11.7 Å². The quantitative estimate of drug-likeness (QED) is 0.912. The summed E-state index contributed by atoms with van der Waals surface area (Å²) in [5.41, 5.74) is 5.35. The van der Waals surface area contributed by atoms with Crippen molar-refractivity contribution in [3.63, 3.8) is 0 Å². The van der Waals surface area contributed by atoms with E-state index in [2.05, 4.69) is 36.2 Å². The van der Waals surface area contributed by atoms with Gasteiger partial charge in [0.1, 0.15) is 5.82 Å². The summed E-state index contributed by atoms with van der Waals surface area (Å²) in [5.74, 6) is 1.35. The van der Waals surface area contributed by atoms with Crippen molar-refractivity contribution < 1.29 is 9.50 Å². The van der Waals surface area contributed by atoms with E-state index in [4.69, 9.17) is 5.11 Å². The topological polar surface area (TPSA) is 23.5 Å². The molecule has 3 heteroatoms. The van der Waals surface area contributed by atoms with E-state index in [0.29, 0.717) is 24.3 Å². The lowest BCUT2D eigenvalue weighted by atomic mass is 9.84. The number of fused-ring (bicyclic) bond motifs is 5. The van der Waals surface area contributed by atoms with E-state index in [1.165, 1.54) is 22.3 Å². The van der Waals surface area contributed by atoms with Crippen molar-refractivity contribution in [2.75, 3.05) is 26.7 Å². The van der Waals surface area contributed by atoms with Crippen molar-refractivity contribution in [3.05, 3.63) is 70.5 Å². The molecule has 1 saturated carbocycles. The predicted molar refractivity (Wildman–Crippen MR) is 98.4 cm³/mol. The van der Waals surface area contributed by atoms with Gasteiger partial charge in [-0.05, 0) is 78.5 Å². The maximum absolute atomic E-state index is 14.0. The third-order valence-electron chi connectivity index (χ3n) is 6.05. The number of aliphatic hydroxyl groups excluding tert-OH is 1. The second-order valence-electron chi connectivity index (χ2n) is 7.75. The lowest BCUT2D eigenvalue weighted by molar-refractivity contribution is 0.202. The summed E-state index contributed by atoms with van der Waals surface area (Å²) in [7, 11) is 2.08. The molecule has 0 heterocycles. The second-order valence-corrected chi connectivity index (χ2v) is 7.75. The van der Waals surface area contributed by atoms with E-state index in [1.807, 2.05) is 6.07 Å². The largest absolute Gasteiger partial charge is 0.395 e. The fourth-order valence-corrected chi connectivity index (χ4v) is 5.02. The van der Waals surface area contributed by atoms with Gasteiger partial charge in [-0.25, -0.2) is 4.39 Å². The number of likely N-dealkylation sites (N-methyl/N-ethyl adjacent to an activating group) is 1. The lowest BCUT2D eigenvalue weighted by Crippen LogP contribution is -2.27. The summed E-state index contributed by atoms with van der Waals surface area (Å²) >= 11 is 0. The Morgan fingerprint density at radius 2 is 1.76 bits per heavy atom. The Hall–Kier alpha value is -1.71. The maximum Gasteiger partial charge on any atom is 0.123 e. The SMILES string of the molecule is CN(CCO)C[C@H]1C[C@@H]2c3ccccc3Cc3ccc(F)cc3[C@H]2C1. The molecule has 0 unspecified atom stereocenters. The van der Waals surface area contributed by atoms with Crippen molar-refractivity contribution in [2.24, 2.45) is 5.92 Å². The minimum absolute atomic E-state index is 0.121. The number of halogens is 1. The molecule has 0 radical (unpaired) electrons. The molecule has 2 nitrogen and oxygen atoms in total. The second kappa shape index (κ2) is 6.89. The number of aliphatic hydroxyl groups is 1. The minimum Gasteiger partial charge on any atom is -0.395 e. The van der Waals surface area contributed by atoms with Crippen molar-refractivity contribution in [1.82, 2.24) is 4.90 Å². The zero-order chi connectivity index (χ0) is 17.4. The first-order chi connectivity index (χ1) is 12.2. The zero-order valence-electron chi connectivity index (χ0n) is 14.8. The van der Waals surface area contributed by atoms with Gasteiger partial charge < -0.3 is 10.0 Å². The van der Waals surface area contributed by atoms with Gasteiger partial charge >= 0.3 is 0 Å². The van der Waals surface area contributed by atoms with E-state index in [1.54, 1.807) is 12.1 Å². The van der Waals surface area contributed by atoms with Gasteiger partial charge in [-0.1, -0.05) is 30.3 Å². The molecule has 0 aliphatic heterocycles. The van der Waals surface area contributed by atoms with Crippen molar-refractivity contribution in [2.45, 2.75) is 31.1 Å². The number of rotatable bonds is 4. The molecule has 0 spiro atoms. The first kappa shape index (κ1) is 16.7. The predicted octanol–water partition coefficient (Wildman–Crippen LogP) is 3.93. The third kappa shape index (κ3) is 3.23. The number of hydrogen-bond donors (Lipinski definition) is 1. The Kier molecular flexibility index (Phi) is 4.61. The summed E-state index contributed by atoms with van der Waals surface area (Å²) in [6.07, 6.45) is 3.16. The summed E-state index contributed by atoms with van der Waals surface area (Å²) in [6, 6.07) is 14.1. The van der Waals surface area contributed by atoms with Crippen LogP contribution in [0.2, 0.25) is 0 Å². The van der Waals surface area contributed by atoms with Crippen LogP contribution in [-0.2, 0) is 6.42 Å². The van der Waals surface area contributed by atoms with Crippen LogP contribution >= 0.6 is 0 Å². The molecule has 1 N–H and O–H groups in total. The van der Waals surface area contributed by atoms with Crippen LogP contribution in [0.15, 0.2) is 42.5 Å². The highest BCUT2D eigenvalue weighted by Gasteiger charge is 2.39. The highest BCUT2D eigenvalue weighted by molar-refractivity contribution is 5.46. The van der Waals surface area contributed by atoms with E-state index < -0.39 is 0 Å². The standard InChI is InChI=1S/C22H26FNO/c1-24(8-9-25)14-15-10-21-19-5-3-2-4-16(19)12-17-6-7-18(23)13-20(17)22(21)11-15/h2-7,13,15,21-22,25H,8-12,14H2,1H3/t15-,21+,22+/m0/s1. The first-order valence-corrected chi connectivity index (χ1v) is 9.31. The third-order valence-corrected chi connectivity index (χ3v) is 6.05. The van der Waals surface area contributed by atoms with Crippen LogP contribution in [0.3, 0.4) is 0 Å². The Morgan fingerprint density at radius 3 is 2.56 bits per heavy atom. The Labute approximate surface area is 149 Å². The molecule has 4 rings (SSSR count). The first-order valence-electron chi connectivity index (χ1n) is 9.31. The monoisotopic (exact) mass is 339 g/mol. The van der Waals surface area contributed by atoms with Crippen LogP contribution in [0.25, 0.3) is 0 Å². The Balaban J connectivity index is 1.70. The molecule has 0 bridgehead atoms. The molecule has 25 heavy (non-hydrogen) atoms. The fourth-order valence-electron chi connectivity index (χ4n) is 5.02. The number of benzene rings is 2.